The molecule has 1 aliphatic rings. The average molecular weight is 196 g/mol. The van der Waals surface area contributed by atoms with E-state index in [0.717, 1.165) is 12.8 Å². The quantitative estimate of drug-likeness (QED) is 0.512. The maximum absolute atomic E-state index is 11.9. The minimum absolute atomic E-state index is 0.127. The fourth-order valence-corrected chi connectivity index (χ4v) is 2.00. The van der Waals surface area contributed by atoms with Gasteiger partial charge in [0.2, 0.25) is 0 Å². The summed E-state index contributed by atoms with van der Waals surface area (Å²) in [6.45, 7) is 3.90. The molecular formula is C12H20O2. The third kappa shape index (κ3) is 2.60. The molecule has 1 aliphatic carbocycles. The Morgan fingerprint density at radius 1 is 1.29 bits per heavy atom. The van der Waals surface area contributed by atoms with Crippen molar-refractivity contribution < 1.29 is 9.53 Å². The number of carbonyl (C=O) groups excluding carboxylic acids is 1. The lowest BCUT2D eigenvalue weighted by Crippen LogP contribution is -2.29. The van der Waals surface area contributed by atoms with Crippen LogP contribution in [-0.2, 0) is 9.53 Å². The second-order valence-electron chi connectivity index (χ2n) is 4.44. The standard InChI is InChI=1S/C12H20O2/c1-10(14-3)9-11(13)12(2)7-5-4-6-8-12/h9H,4-8H2,1-3H3/b10-9-. The Kier molecular flexibility index (Phi) is 3.73. The third-order valence-corrected chi connectivity index (χ3v) is 3.21. The molecule has 0 bridgehead atoms. The molecule has 1 saturated carbocycles. The van der Waals surface area contributed by atoms with E-state index in [9.17, 15) is 4.79 Å². The summed E-state index contributed by atoms with van der Waals surface area (Å²) in [4.78, 5) is 11.9. The molecule has 2 nitrogen and oxygen atoms in total. The molecule has 0 amide bonds. The molecule has 0 aromatic rings. The number of hydrogen-bond donors (Lipinski definition) is 0. The Bertz CT molecular complexity index is 235. The molecule has 0 spiro atoms. The summed E-state index contributed by atoms with van der Waals surface area (Å²) in [6, 6.07) is 0. The Labute approximate surface area is 86.3 Å². The second kappa shape index (κ2) is 4.63. The molecule has 0 radical (unpaired) electrons. The average Bonchev–Trinajstić information content (AvgIpc) is 2.18. The summed E-state index contributed by atoms with van der Waals surface area (Å²) in [7, 11) is 1.60. The molecule has 0 aliphatic heterocycles. The van der Waals surface area contributed by atoms with E-state index in [2.05, 4.69) is 6.92 Å². The van der Waals surface area contributed by atoms with Crippen LogP contribution in [0.2, 0.25) is 0 Å². The summed E-state index contributed by atoms with van der Waals surface area (Å²) in [5.74, 6) is 0.943. The minimum Gasteiger partial charge on any atom is -0.501 e. The van der Waals surface area contributed by atoms with Gasteiger partial charge in [-0.15, -0.1) is 0 Å². The van der Waals surface area contributed by atoms with E-state index in [1.165, 1.54) is 19.3 Å². The predicted molar refractivity (Wildman–Crippen MR) is 57.0 cm³/mol. The van der Waals surface area contributed by atoms with E-state index < -0.39 is 0 Å². The molecular weight excluding hydrogens is 176 g/mol. The van der Waals surface area contributed by atoms with Gasteiger partial charge in [-0.05, 0) is 19.8 Å². The van der Waals surface area contributed by atoms with Crippen molar-refractivity contribution in [2.24, 2.45) is 5.41 Å². The van der Waals surface area contributed by atoms with Crippen LogP contribution in [0.4, 0.5) is 0 Å². The van der Waals surface area contributed by atoms with Gasteiger partial charge in [-0.25, -0.2) is 0 Å². The Balaban J connectivity index is 2.66. The van der Waals surface area contributed by atoms with Crippen molar-refractivity contribution >= 4 is 5.78 Å². The maximum atomic E-state index is 11.9. The Hall–Kier alpha value is -0.790. The lowest BCUT2D eigenvalue weighted by atomic mass is 9.72. The number of rotatable bonds is 3. The van der Waals surface area contributed by atoms with Gasteiger partial charge in [0.1, 0.15) is 0 Å². The highest BCUT2D eigenvalue weighted by atomic mass is 16.5. The van der Waals surface area contributed by atoms with Gasteiger partial charge in [0, 0.05) is 11.5 Å². The summed E-state index contributed by atoms with van der Waals surface area (Å²) in [5, 5.41) is 0. The Morgan fingerprint density at radius 3 is 2.36 bits per heavy atom. The number of ether oxygens (including phenoxy) is 1. The van der Waals surface area contributed by atoms with E-state index in [0.29, 0.717) is 5.76 Å². The summed E-state index contributed by atoms with van der Waals surface area (Å²) < 4.78 is 5.00. The number of ketones is 1. The van der Waals surface area contributed by atoms with Gasteiger partial charge in [0.25, 0.3) is 0 Å². The first-order valence-electron chi connectivity index (χ1n) is 5.35. The second-order valence-corrected chi connectivity index (χ2v) is 4.44. The van der Waals surface area contributed by atoms with Crippen molar-refractivity contribution in [3.63, 3.8) is 0 Å². The molecule has 1 rings (SSSR count). The van der Waals surface area contributed by atoms with E-state index in [1.807, 2.05) is 6.92 Å². The van der Waals surface area contributed by atoms with Crippen LogP contribution in [0.1, 0.15) is 46.0 Å². The van der Waals surface area contributed by atoms with E-state index in [-0.39, 0.29) is 11.2 Å². The molecule has 2 heteroatoms. The van der Waals surface area contributed by atoms with Gasteiger partial charge in [-0.1, -0.05) is 26.2 Å². The highest BCUT2D eigenvalue weighted by Gasteiger charge is 2.32. The SMILES string of the molecule is CO/C(C)=C\C(=O)C1(C)CCCCC1. The molecule has 0 aromatic carbocycles. The van der Waals surface area contributed by atoms with Gasteiger partial charge in [0.15, 0.2) is 5.78 Å². The fourth-order valence-electron chi connectivity index (χ4n) is 2.00. The van der Waals surface area contributed by atoms with Crippen LogP contribution in [0, 0.1) is 5.41 Å². The van der Waals surface area contributed by atoms with Gasteiger partial charge in [-0.2, -0.15) is 0 Å². The van der Waals surface area contributed by atoms with Gasteiger partial charge >= 0.3 is 0 Å². The van der Waals surface area contributed by atoms with Crippen molar-refractivity contribution in [2.75, 3.05) is 7.11 Å². The van der Waals surface area contributed by atoms with Crippen molar-refractivity contribution in [2.45, 2.75) is 46.0 Å². The van der Waals surface area contributed by atoms with E-state index in [1.54, 1.807) is 13.2 Å². The van der Waals surface area contributed by atoms with Gasteiger partial charge < -0.3 is 4.74 Å². The third-order valence-electron chi connectivity index (χ3n) is 3.21. The molecule has 0 atom stereocenters. The molecule has 1 fully saturated rings. The fraction of sp³-hybridized carbons (Fsp3) is 0.750. The molecule has 0 unspecified atom stereocenters. The lowest BCUT2D eigenvalue weighted by molar-refractivity contribution is -0.124. The number of allylic oxidation sites excluding steroid dienone is 2. The zero-order chi connectivity index (χ0) is 10.6. The first kappa shape index (κ1) is 11.3. The van der Waals surface area contributed by atoms with Crippen LogP contribution in [-0.4, -0.2) is 12.9 Å². The highest BCUT2D eigenvalue weighted by molar-refractivity contribution is 5.94. The molecule has 0 aromatic heterocycles. The smallest absolute Gasteiger partial charge is 0.164 e. The Morgan fingerprint density at radius 2 is 1.86 bits per heavy atom. The van der Waals surface area contributed by atoms with Crippen molar-refractivity contribution in [1.29, 1.82) is 0 Å². The van der Waals surface area contributed by atoms with E-state index in [4.69, 9.17) is 4.74 Å². The minimum atomic E-state index is -0.127. The molecule has 0 N–H and O–H groups in total. The zero-order valence-corrected chi connectivity index (χ0v) is 9.43. The normalized spacial score (nSPS) is 21.8. The van der Waals surface area contributed by atoms with Crippen LogP contribution in [0.3, 0.4) is 0 Å². The number of hydrogen-bond acceptors (Lipinski definition) is 2. The molecule has 14 heavy (non-hydrogen) atoms. The molecule has 0 saturated heterocycles. The zero-order valence-electron chi connectivity index (χ0n) is 9.43. The summed E-state index contributed by atoms with van der Waals surface area (Å²) >= 11 is 0. The van der Waals surface area contributed by atoms with E-state index >= 15 is 0 Å². The van der Waals surface area contributed by atoms with Crippen LogP contribution in [0.15, 0.2) is 11.8 Å². The summed E-state index contributed by atoms with van der Waals surface area (Å²) in [5.41, 5.74) is -0.127. The number of carbonyl (C=O) groups is 1. The van der Waals surface area contributed by atoms with Crippen molar-refractivity contribution in [3.05, 3.63) is 11.8 Å². The van der Waals surface area contributed by atoms with Crippen LogP contribution < -0.4 is 0 Å². The van der Waals surface area contributed by atoms with Gasteiger partial charge in [-0.3, -0.25) is 4.79 Å². The van der Waals surface area contributed by atoms with Crippen LogP contribution in [0.25, 0.3) is 0 Å². The topological polar surface area (TPSA) is 26.3 Å². The highest BCUT2D eigenvalue weighted by Crippen LogP contribution is 2.37. The maximum Gasteiger partial charge on any atom is 0.164 e. The van der Waals surface area contributed by atoms with Crippen LogP contribution >= 0.6 is 0 Å². The largest absolute Gasteiger partial charge is 0.501 e. The van der Waals surface area contributed by atoms with Gasteiger partial charge in [0.05, 0.1) is 12.9 Å². The van der Waals surface area contributed by atoms with Crippen LogP contribution in [0.5, 0.6) is 0 Å². The monoisotopic (exact) mass is 196 g/mol. The molecule has 80 valence electrons. The summed E-state index contributed by atoms with van der Waals surface area (Å²) in [6.07, 6.45) is 7.34. The van der Waals surface area contributed by atoms with Crippen molar-refractivity contribution in [1.82, 2.24) is 0 Å². The predicted octanol–water partition coefficient (Wildman–Crippen LogP) is 3.08. The number of methoxy groups -OCH3 is 1. The molecule has 0 heterocycles. The first-order valence-corrected chi connectivity index (χ1v) is 5.35. The lowest BCUT2D eigenvalue weighted by Gasteiger charge is -2.30. The van der Waals surface area contributed by atoms with Crippen molar-refractivity contribution in [3.8, 4) is 0 Å². The first-order chi connectivity index (χ1) is 6.58.